The fourth-order valence-corrected chi connectivity index (χ4v) is 2.85. The van der Waals surface area contributed by atoms with Crippen LogP contribution in [0.15, 0.2) is 18.3 Å². The van der Waals surface area contributed by atoms with Gasteiger partial charge in [-0.15, -0.1) is 0 Å². The Morgan fingerprint density at radius 1 is 1.33 bits per heavy atom. The van der Waals surface area contributed by atoms with Gasteiger partial charge in [-0.2, -0.15) is 0 Å². The highest BCUT2D eigenvalue weighted by atomic mass is 16.4. The zero-order valence-electron chi connectivity index (χ0n) is 12.3. The van der Waals surface area contributed by atoms with E-state index < -0.39 is 11.9 Å². The lowest BCUT2D eigenvalue weighted by molar-refractivity contribution is 0.0690. The minimum atomic E-state index is -1.13. The molecule has 1 saturated carbocycles. The zero-order chi connectivity index (χ0) is 15.2. The molecule has 0 unspecified atom stereocenters. The topological polar surface area (TPSA) is 79.3 Å². The fourth-order valence-electron chi connectivity index (χ4n) is 2.85. The van der Waals surface area contributed by atoms with Crippen molar-refractivity contribution >= 4 is 11.9 Å². The van der Waals surface area contributed by atoms with E-state index in [1.54, 1.807) is 0 Å². The van der Waals surface area contributed by atoms with Crippen LogP contribution in [0, 0.1) is 11.8 Å². The lowest BCUT2D eigenvalue weighted by Gasteiger charge is -2.26. The molecular weight excluding hydrogens is 268 g/mol. The van der Waals surface area contributed by atoms with Crippen molar-refractivity contribution in [2.75, 3.05) is 6.54 Å². The van der Waals surface area contributed by atoms with Crippen LogP contribution in [-0.4, -0.2) is 28.5 Å². The summed E-state index contributed by atoms with van der Waals surface area (Å²) in [6, 6.07) is 2.91. The summed E-state index contributed by atoms with van der Waals surface area (Å²) in [6.45, 7) is 2.86. The molecule has 5 nitrogen and oxygen atoms in total. The molecule has 2 N–H and O–H groups in total. The van der Waals surface area contributed by atoms with Crippen LogP contribution < -0.4 is 5.32 Å². The van der Waals surface area contributed by atoms with Crippen LogP contribution in [0.3, 0.4) is 0 Å². The molecule has 1 aromatic heterocycles. The van der Waals surface area contributed by atoms with E-state index in [0.717, 1.165) is 12.3 Å². The molecule has 0 aromatic carbocycles. The number of carboxylic acids is 1. The molecule has 21 heavy (non-hydrogen) atoms. The third kappa shape index (κ3) is 4.28. The second kappa shape index (κ2) is 7.20. The van der Waals surface area contributed by atoms with Crippen molar-refractivity contribution in [3.8, 4) is 0 Å². The first-order valence-electron chi connectivity index (χ1n) is 7.54. The molecule has 0 saturated heterocycles. The van der Waals surface area contributed by atoms with Crippen molar-refractivity contribution in [1.82, 2.24) is 10.3 Å². The van der Waals surface area contributed by atoms with Gasteiger partial charge < -0.3 is 10.4 Å². The molecule has 0 radical (unpaired) electrons. The molecular formula is C16H22N2O3. The zero-order valence-corrected chi connectivity index (χ0v) is 12.3. The third-order valence-electron chi connectivity index (χ3n) is 4.23. The summed E-state index contributed by atoms with van der Waals surface area (Å²) in [4.78, 5) is 27.0. The summed E-state index contributed by atoms with van der Waals surface area (Å²) < 4.78 is 0. The summed E-state index contributed by atoms with van der Waals surface area (Å²) in [5, 5.41) is 11.8. The highest BCUT2D eigenvalue weighted by Crippen LogP contribution is 2.29. The molecule has 1 amide bonds. The van der Waals surface area contributed by atoms with Gasteiger partial charge in [-0.05, 0) is 30.4 Å². The van der Waals surface area contributed by atoms with E-state index in [4.69, 9.17) is 5.11 Å². The van der Waals surface area contributed by atoms with Crippen molar-refractivity contribution in [1.29, 1.82) is 0 Å². The number of hydrogen-bond donors (Lipinski definition) is 2. The lowest BCUT2D eigenvalue weighted by Crippen LogP contribution is -2.29. The van der Waals surface area contributed by atoms with Crippen molar-refractivity contribution in [3.05, 3.63) is 29.6 Å². The molecule has 1 aliphatic rings. The highest BCUT2D eigenvalue weighted by molar-refractivity contribution is 6.03. The fraction of sp³-hybridized carbons (Fsp3) is 0.562. The van der Waals surface area contributed by atoms with Crippen LogP contribution in [0.1, 0.15) is 59.9 Å². The number of aromatic carboxylic acids is 1. The molecule has 0 aliphatic heterocycles. The normalized spacial score (nSPS) is 21.8. The largest absolute Gasteiger partial charge is 0.478 e. The number of hydrogen-bond acceptors (Lipinski definition) is 3. The van der Waals surface area contributed by atoms with Gasteiger partial charge in [0.05, 0.1) is 5.56 Å². The monoisotopic (exact) mass is 290 g/mol. The molecule has 1 heterocycles. The molecule has 0 spiro atoms. The number of carbonyl (C=O) groups excluding carboxylic acids is 1. The Morgan fingerprint density at radius 3 is 2.71 bits per heavy atom. The SMILES string of the molecule is CC1CCC(CCNC(=O)c2ncccc2C(=O)O)CC1. The number of nitrogens with zero attached hydrogens (tertiary/aromatic N) is 1. The molecule has 5 heteroatoms. The predicted molar refractivity (Wildman–Crippen MR) is 79.3 cm³/mol. The maximum atomic E-state index is 12.0. The number of nitrogens with one attached hydrogen (secondary N) is 1. The van der Waals surface area contributed by atoms with E-state index >= 15 is 0 Å². The van der Waals surface area contributed by atoms with E-state index in [-0.39, 0.29) is 11.3 Å². The summed E-state index contributed by atoms with van der Waals surface area (Å²) in [6.07, 6.45) is 7.36. The first-order chi connectivity index (χ1) is 10.1. The Bertz CT molecular complexity index is 508. The van der Waals surface area contributed by atoms with Crippen molar-refractivity contribution in [3.63, 3.8) is 0 Å². The first kappa shape index (κ1) is 15.5. The van der Waals surface area contributed by atoms with Gasteiger partial charge in [0.15, 0.2) is 0 Å². The summed E-state index contributed by atoms with van der Waals surface area (Å²) in [5.41, 5.74) is -0.0660. The van der Waals surface area contributed by atoms with E-state index in [9.17, 15) is 9.59 Å². The van der Waals surface area contributed by atoms with Crippen LogP contribution in [-0.2, 0) is 0 Å². The Balaban J connectivity index is 1.84. The number of pyridine rings is 1. The van der Waals surface area contributed by atoms with Gasteiger partial charge in [-0.1, -0.05) is 32.6 Å². The second-order valence-corrected chi connectivity index (χ2v) is 5.88. The summed E-state index contributed by atoms with van der Waals surface area (Å²) in [7, 11) is 0. The lowest BCUT2D eigenvalue weighted by atomic mass is 9.81. The second-order valence-electron chi connectivity index (χ2n) is 5.88. The van der Waals surface area contributed by atoms with Crippen LogP contribution in [0.2, 0.25) is 0 Å². The maximum Gasteiger partial charge on any atom is 0.338 e. The standard InChI is InChI=1S/C16H22N2O3/c1-11-4-6-12(7-5-11)8-10-18-15(19)14-13(16(20)21)3-2-9-17-14/h2-3,9,11-12H,4-8,10H2,1H3,(H,18,19)(H,20,21). The van der Waals surface area contributed by atoms with Crippen molar-refractivity contribution < 1.29 is 14.7 Å². The van der Waals surface area contributed by atoms with Gasteiger partial charge in [0.1, 0.15) is 5.69 Å². The first-order valence-corrected chi connectivity index (χ1v) is 7.54. The summed E-state index contributed by atoms with van der Waals surface area (Å²) in [5.74, 6) is -0.0432. The number of rotatable bonds is 5. The van der Waals surface area contributed by atoms with Gasteiger partial charge in [0.2, 0.25) is 0 Å². The molecule has 1 aromatic rings. The molecule has 1 fully saturated rings. The van der Waals surface area contributed by atoms with Crippen LogP contribution in [0.25, 0.3) is 0 Å². The number of aromatic nitrogens is 1. The van der Waals surface area contributed by atoms with Crippen molar-refractivity contribution in [2.24, 2.45) is 11.8 Å². The van der Waals surface area contributed by atoms with Gasteiger partial charge in [0.25, 0.3) is 5.91 Å². The highest BCUT2D eigenvalue weighted by Gasteiger charge is 2.20. The minimum Gasteiger partial charge on any atom is -0.478 e. The van der Waals surface area contributed by atoms with Gasteiger partial charge in [-0.25, -0.2) is 4.79 Å². The molecule has 114 valence electrons. The maximum absolute atomic E-state index is 12.0. The predicted octanol–water partition coefficient (Wildman–Crippen LogP) is 2.73. The van der Waals surface area contributed by atoms with Crippen LogP contribution in [0.5, 0.6) is 0 Å². The number of carbonyl (C=O) groups is 2. The van der Waals surface area contributed by atoms with E-state index in [1.807, 2.05) is 0 Å². The van der Waals surface area contributed by atoms with Gasteiger partial charge in [0, 0.05) is 12.7 Å². The van der Waals surface area contributed by atoms with E-state index in [0.29, 0.717) is 12.5 Å². The molecule has 1 aliphatic carbocycles. The number of amides is 1. The number of carboxylic acid groups (broad SMARTS) is 1. The Morgan fingerprint density at radius 2 is 2.05 bits per heavy atom. The van der Waals surface area contributed by atoms with Gasteiger partial charge >= 0.3 is 5.97 Å². The smallest absolute Gasteiger partial charge is 0.338 e. The minimum absolute atomic E-state index is 0.0118. The third-order valence-corrected chi connectivity index (χ3v) is 4.23. The average molecular weight is 290 g/mol. The molecule has 0 atom stereocenters. The van der Waals surface area contributed by atoms with E-state index in [2.05, 4.69) is 17.2 Å². The van der Waals surface area contributed by atoms with Crippen LogP contribution >= 0.6 is 0 Å². The quantitative estimate of drug-likeness (QED) is 0.874. The molecule has 2 rings (SSSR count). The van der Waals surface area contributed by atoms with Crippen molar-refractivity contribution in [2.45, 2.75) is 39.0 Å². The van der Waals surface area contributed by atoms with Gasteiger partial charge in [-0.3, -0.25) is 9.78 Å². The van der Waals surface area contributed by atoms with Crippen LogP contribution in [0.4, 0.5) is 0 Å². The average Bonchev–Trinajstić information content (AvgIpc) is 2.49. The van der Waals surface area contributed by atoms with E-state index in [1.165, 1.54) is 44.0 Å². The summed E-state index contributed by atoms with van der Waals surface area (Å²) >= 11 is 0. The Kier molecular flexibility index (Phi) is 5.31. The Hall–Kier alpha value is -1.91. The molecule has 0 bridgehead atoms. The Labute approximate surface area is 124 Å².